The molecule has 0 saturated heterocycles. The topological polar surface area (TPSA) is 47.8 Å². The third kappa shape index (κ3) is 3.61. The van der Waals surface area contributed by atoms with E-state index in [1.807, 2.05) is 29.8 Å². The molecule has 0 aliphatic heterocycles. The second kappa shape index (κ2) is 7.32. The fourth-order valence-electron chi connectivity index (χ4n) is 2.87. The summed E-state index contributed by atoms with van der Waals surface area (Å²) >= 11 is 1.32. The van der Waals surface area contributed by atoms with Crippen LogP contribution in [0.25, 0.3) is 22.2 Å². The van der Waals surface area contributed by atoms with E-state index in [-0.39, 0.29) is 17.4 Å². The minimum Gasteiger partial charge on any atom is -0.305 e. The molecule has 27 heavy (non-hydrogen) atoms. The highest BCUT2D eigenvalue weighted by Crippen LogP contribution is 2.26. The van der Waals surface area contributed by atoms with Crippen LogP contribution in [0.3, 0.4) is 0 Å². The lowest BCUT2D eigenvalue weighted by molar-refractivity contribution is 0.102. The van der Waals surface area contributed by atoms with Crippen LogP contribution in [0.15, 0.2) is 71.9 Å². The summed E-state index contributed by atoms with van der Waals surface area (Å²) in [5.41, 5.74) is 1.46. The van der Waals surface area contributed by atoms with Gasteiger partial charge in [-0.2, -0.15) is 0 Å². The zero-order valence-electron chi connectivity index (χ0n) is 14.6. The summed E-state index contributed by atoms with van der Waals surface area (Å²) in [6.45, 7) is 0. The number of halogens is 1. The van der Waals surface area contributed by atoms with Gasteiger partial charge in [-0.1, -0.05) is 48.2 Å². The first-order valence-corrected chi connectivity index (χ1v) is 9.40. The molecule has 0 aliphatic carbocycles. The molecule has 134 valence electrons. The molecule has 0 aliphatic rings. The van der Waals surface area contributed by atoms with Gasteiger partial charge in [0.1, 0.15) is 5.82 Å². The van der Waals surface area contributed by atoms with Gasteiger partial charge in [-0.05, 0) is 41.1 Å². The number of aromatic nitrogens is 3. The highest BCUT2D eigenvalue weighted by Gasteiger charge is 2.14. The van der Waals surface area contributed by atoms with Crippen molar-refractivity contribution in [3.8, 4) is 11.4 Å². The Bertz CT molecular complexity index is 1120. The van der Waals surface area contributed by atoms with Gasteiger partial charge in [0, 0.05) is 18.2 Å². The largest absolute Gasteiger partial charge is 0.305 e. The number of nitrogens with zero attached hydrogens (tertiary/aromatic N) is 3. The highest BCUT2D eigenvalue weighted by atomic mass is 32.2. The average Bonchev–Trinajstić information content (AvgIpc) is 3.06. The molecule has 0 spiro atoms. The van der Waals surface area contributed by atoms with E-state index in [4.69, 9.17) is 0 Å². The SMILES string of the molecule is Cn1c(SCC(=O)c2ccc(F)cc2)nnc1-c1ccc2ccccc2c1. The fraction of sp³-hybridized carbons (Fsp3) is 0.0952. The Balaban J connectivity index is 1.53. The molecular weight excluding hydrogens is 361 g/mol. The Morgan fingerprint density at radius 1 is 1.00 bits per heavy atom. The number of hydrogen-bond acceptors (Lipinski definition) is 4. The van der Waals surface area contributed by atoms with E-state index in [0.717, 1.165) is 16.8 Å². The molecule has 4 nitrogen and oxygen atoms in total. The average molecular weight is 377 g/mol. The first kappa shape index (κ1) is 17.4. The summed E-state index contributed by atoms with van der Waals surface area (Å²) in [6, 6.07) is 19.9. The van der Waals surface area contributed by atoms with Crippen molar-refractivity contribution in [2.75, 3.05) is 5.75 Å². The summed E-state index contributed by atoms with van der Waals surface area (Å²) in [6.07, 6.45) is 0. The number of hydrogen-bond donors (Lipinski definition) is 0. The number of fused-ring (bicyclic) bond motifs is 1. The maximum Gasteiger partial charge on any atom is 0.191 e. The van der Waals surface area contributed by atoms with E-state index in [2.05, 4.69) is 34.5 Å². The van der Waals surface area contributed by atoms with E-state index in [1.165, 1.54) is 41.4 Å². The van der Waals surface area contributed by atoms with Crippen molar-refractivity contribution in [3.63, 3.8) is 0 Å². The van der Waals surface area contributed by atoms with Gasteiger partial charge in [-0.15, -0.1) is 10.2 Å². The Morgan fingerprint density at radius 2 is 1.74 bits per heavy atom. The minimum absolute atomic E-state index is 0.0738. The number of Topliss-reactive ketones (excluding diaryl/α,β-unsaturated/α-hetero) is 1. The van der Waals surface area contributed by atoms with Gasteiger partial charge < -0.3 is 4.57 Å². The van der Waals surface area contributed by atoms with Crippen molar-refractivity contribution < 1.29 is 9.18 Å². The van der Waals surface area contributed by atoms with Gasteiger partial charge in [0.05, 0.1) is 5.75 Å². The molecule has 0 bridgehead atoms. The third-order valence-corrected chi connectivity index (χ3v) is 5.36. The Morgan fingerprint density at radius 3 is 2.52 bits per heavy atom. The Kier molecular flexibility index (Phi) is 4.73. The van der Waals surface area contributed by atoms with Crippen LogP contribution >= 0.6 is 11.8 Å². The van der Waals surface area contributed by atoms with Crippen LogP contribution in [0.4, 0.5) is 4.39 Å². The number of benzene rings is 3. The number of carbonyl (C=O) groups is 1. The summed E-state index contributed by atoms with van der Waals surface area (Å²) in [5.74, 6) is 0.537. The lowest BCUT2D eigenvalue weighted by Crippen LogP contribution is -2.04. The van der Waals surface area contributed by atoms with Gasteiger partial charge in [-0.25, -0.2) is 4.39 Å². The van der Waals surface area contributed by atoms with Crippen LogP contribution in [0.2, 0.25) is 0 Å². The number of carbonyl (C=O) groups excluding carboxylic acids is 1. The summed E-state index contributed by atoms with van der Waals surface area (Å²) < 4.78 is 14.9. The molecule has 0 fully saturated rings. The second-order valence-corrected chi connectivity index (χ2v) is 7.09. The van der Waals surface area contributed by atoms with Crippen LogP contribution in [0.5, 0.6) is 0 Å². The van der Waals surface area contributed by atoms with E-state index in [1.54, 1.807) is 0 Å². The zero-order chi connectivity index (χ0) is 18.8. The van der Waals surface area contributed by atoms with Crippen molar-refractivity contribution >= 4 is 28.3 Å². The third-order valence-electron chi connectivity index (χ3n) is 4.34. The smallest absolute Gasteiger partial charge is 0.191 e. The molecule has 0 saturated carbocycles. The van der Waals surface area contributed by atoms with Crippen molar-refractivity contribution in [1.29, 1.82) is 0 Å². The first-order valence-electron chi connectivity index (χ1n) is 8.42. The molecule has 0 unspecified atom stereocenters. The van der Waals surface area contributed by atoms with Crippen molar-refractivity contribution in [2.24, 2.45) is 7.05 Å². The summed E-state index contributed by atoms with van der Waals surface area (Å²) in [5, 5.41) is 11.5. The molecule has 0 atom stereocenters. The summed E-state index contributed by atoms with van der Waals surface area (Å²) in [7, 11) is 1.88. The minimum atomic E-state index is -0.354. The predicted molar refractivity (Wildman–Crippen MR) is 105 cm³/mol. The molecule has 4 rings (SSSR count). The van der Waals surface area contributed by atoms with Crippen LogP contribution in [-0.2, 0) is 7.05 Å². The highest BCUT2D eigenvalue weighted by molar-refractivity contribution is 7.99. The van der Waals surface area contributed by atoms with Crippen LogP contribution in [-0.4, -0.2) is 26.3 Å². The molecule has 0 amide bonds. The van der Waals surface area contributed by atoms with Gasteiger partial charge >= 0.3 is 0 Å². The molecule has 0 N–H and O–H groups in total. The lowest BCUT2D eigenvalue weighted by atomic mass is 10.1. The van der Waals surface area contributed by atoms with Crippen LogP contribution < -0.4 is 0 Å². The number of thioether (sulfide) groups is 1. The molecule has 1 heterocycles. The molecule has 1 aromatic heterocycles. The van der Waals surface area contributed by atoms with E-state index >= 15 is 0 Å². The van der Waals surface area contributed by atoms with Gasteiger partial charge in [-0.3, -0.25) is 4.79 Å². The van der Waals surface area contributed by atoms with Crippen molar-refractivity contribution in [2.45, 2.75) is 5.16 Å². The standard InChI is InChI=1S/C21H16FN3OS/c1-25-20(17-7-6-14-4-2-3-5-16(14)12-17)23-24-21(25)27-13-19(26)15-8-10-18(22)11-9-15/h2-12H,13H2,1H3. The maximum absolute atomic E-state index is 13.0. The van der Waals surface area contributed by atoms with Gasteiger partial charge in [0.15, 0.2) is 16.8 Å². The fourth-order valence-corrected chi connectivity index (χ4v) is 3.68. The van der Waals surface area contributed by atoms with E-state index in [9.17, 15) is 9.18 Å². The van der Waals surface area contributed by atoms with Crippen molar-refractivity contribution in [3.05, 3.63) is 78.1 Å². The van der Waals surface area contributed by atoms with E-state index < -0.39 is 0 Å². The first-order chi connectivity index (χ1) is 13.1. The Hall–Kier alpha value is -2.99. The predicted octanol–water partition coefficient (Wildman–Crippen LogP) is 4.75. The van der Waals surface area contributed by atoms with Crippen LogP contribution in [0, 0.1) is 5.82 Å². The molecule has 4 aromatic rings. The molecular formula is C21H16FN3OS. The Labute approximate surface area is 160 Å². The zero-order valence-corrected chi connectivity index (χ0v) is 15.4. The van der Waals surface area contributed by atoms with E-state index in [0.29, 0.717) is 10.7 Å². The number of rotatable bonds is 5. The molecule has 0 radical (unpaired) electrons. The normalized spacial score (nSPS) is 11.0. The van der Waals surface area contributed by atoms with Crippen LogP contribution in [0.1, 0.15) is 10.4 Å². The second-order valence-electron chi connectivity index (χ2n) is 6.15. The van der Waals surface area contributed by atoms with Gasteiger partial charge in [0.2, 0.25) is 0 Å². The quantitative estimate of drug-likeness (QED) is 0.372. The lowest BCUT2D eigenvalue weighted by Gasteiger charge is -2.05. The number of ketones is 1. The van der Waals surface area contributed by atoms with Crippen molar-refractivity contribution in [1.82, 2.24) is 14.8 Å². The molecule has 3 aromatic carbocycles. The monoisotopic (exact) mass is 377 g/mol. The molecule has 6 heteroatoms. The van der Waals surface area contributed by atoms with Gasteiger partial charge in [0.25, 0.3) is 0 Å². The maximum atomic E-state index is 13.0. The summed E-state index contributed by atoms with van der Waals surface area (Å²) in [4.78, 5) is 12.3.